The van der Waals surface area contributed by atoms with E-state index in [0.717, 1.165) is 19.6 Å². The van der Waals surface area contributed by atoms with Gasteiger partial charge in [-0.3, -0.25) is 19.7 Å². The molecule has 154 valence electrons. The van der Waals surface area contributed by atoms with Crippen LogP contribution in [0.15, 0.2) is 42.5 Å². The highest BCUT2D eigenvalue weighted by atomic mass is 16.6. The lowest BCUT2D eigenvalue weighted by molar-refractivity contribution is -0.385. The average molecular weight is 398 g/mol. The van der Waals surface area contributed by atoms with Crippen molar-refractivity contribution >= 4 is 23.2 Å². The third-order valence-corrected chi connectivity index (χ3v) is 4.67. The lowest BCUT2D eigenvalue weighted by atomic mass is 10.1. The lowest BCUT2D eigenvalue weighted by Crippen LogP contribution is -2.34. The zero-order valence-corrected chi connectivity index (χ0v) is 16.9. The van der Waals surface area contributed by atoms with Gasteiger partial charge in [0, 0.05) is 41.5 Å². The molecule has 0 heterocycles. The first-order chi connectivity index (χ1) is 13.8. The number of nitro groups is 1. The first kappa shape index (κ1) is 22.0. The Morgan fingerprint density at radius 2 is 1.62 bits per heavy atom. The van der Waals surface area contributed by atoms with Crippen molar-refractivity contribution in [3.63, 3.8) is 0 Å². The number of anilines is 1. The number of aryl methyl sites for hydroxylation is 1. The number of rotatable bonds is 9. The smallest absolute Gasteiger partial charge is 0.272 e. The van der Waals surface area contributed by atoms with Gasteiger partial charge in [-0.15, -0.1) is 0 Å². The van der Waals surface area contributed by atoms with Crippen molar-refractivity contribution in [1.82, 2.24) is 10.2 Å². The second-order valence-electron chi connectivity index (χ2n) is 6.57. The van der Waals surface area contributed by atoms with Gasteiger partial charge < -0.3 is 15.5 Å². The number of carbonyl (C=O) groups excluding carboxylic acids is 2. The number of hydrogen-bond donors (Lipinski definition) is 2. The number of nitrogens with one attached hydrogen (secondary N) is 2. The van der Waals surface area contributed by atoms with E-state index in [2.05, 4.69) is 29.4 Å². The Bertz CT molecular complexity index is 877. The Labute approximate surface area is 170 Å². The molecule has 0 radical (unpaired) electrons. The zero-order valence-electron chi connectivity index (χ0n) is 16.9. The van der Waals surface area contributed by atoms with E-state index in [-0.39, 0.29) is 17.5 Å². The van der Waals surface area contributed by atoms with E-state index < -0.39 is 4.92 Å². The van der Waals surface area contributed by atoms with E-state index in [0.29, 0.717) is 28.9 Å². The zero-order chi connectivity index (χ0) is 21.4. The van der Waals surface area contributed by atoms with Crippen LogP contribution < -0.4 is 10.6 Å². The molecule has 2 aromatic carbocycles. The van der Waals surface area contributed by atoms with Crippen LogP contribution in [-0.2, 0) is 0 Å². The van der Waals surface area contributed by atoms with Crippen LogP contribution >= 0.6 is 0 Å². The van der Waals surface area contributed by atoms with Crippen molar-refractivity contribution < 1.29 is 14.5 Å². The first-order valence-corrected chi connectivity index (χ1v) is 9.52. The highest BCUT2D eigenvalue weighted by Gasteiger charge is 2.14. The summed E-state index contributed by atoms with van der Waals surface area (Å²) in [6, 6.07) is 10.8. The second kappa shape index (κ2) is 10.3. The number of nitrogens with zero attached hydrogens (tertiary/aromatic N) is 2. The van der Waals surface area contributed by atoms with Crippen molar-refractivity contribution in [3.8, 4) is 0 Å². The Balaban J connectivity index is 1.94. The molecule has 0 aliphatic rings. The fourth-order valence-electron chi connectivity index (χ4n) is 2.88. The van der Waals surface area contributed by atoms with E-state index in [9.17, 15) is 19.7 Å². The third-order valence-electron chi connectivity index (χ3n) is 4.67. The molecule has 0 atom stereocenters. The summed E-state index contributed by atoms with van der Waals surface area (Å²) in [5, 5.41) is 16.5. The van der Waals surface area contributed by atoms with Crippen LogP contribution in [-0.4, -0.2) is 47.8 Å². The SMILES string of the molecule is CCN(CC)CCNC(=O)c1ccc(NC(=O)c2ccc([N+](=O)[O-])c(C)c2)cc1. The van der Waals surface area contributed by atoms with Crippen molar-refractivity contribution in [2.75, 3.05) is 31.5 Å². The van der Waals surface area contributed by atoms with E-state index in [1.54, 1.807) is 31.2 Å². The van der Waals surface area contributed by atoms with Gasteiger partial charge in [0.2, 0.25) is 0 Å². The number of nitro benzene ring substituents is 1. The Kier molecular flexibility index (Phi) is 7.85. The minimum Gasteiger partial charge on any atom is -0.351 e. The van der Waals surface area contributed by atoms with Crippen molar-refractivity contribution in [3.05, 3.63) is 69.3 Å². The fourth-order valence-corrected chi connectivity index (χ4v) is 2.88. The quantitative estimate of drug-likeness (QED) is 0.498. The molecule has 0 saturated carbocycles. The van der Waals surface area contributed by atoms with Crippen LogP contribution in [0.1, 0.15) is 40.1 Å². The summed E-state index contributed by atoms with van der Waals surface area (Å²) in [5.74, 6) is -0.541. The summed E-state index contributed by atoms with van der Waals surface area (Å²) in [4.78, 5) is 37.2. The van der Waals surface area contributed by atoms with Crippen LogP contribution in [0, 0.1) is 17.0 Å². The molecule has 0 aromatic heterocycles. The number of carbonyl (C=O) groups is 2. The third kappa shape index (κ3) is 6.11. The van der Waals surface area contributed by atoms with E-state index >= 15 is 0 Å². The minimum absolute atomic E-state index is 0.0297. The van der Waals surface area contributed by atoms with Crippen LogP contribution in [0.25, 0.3) is 0 Å². The molecule has 2 rings (SSSR count). The van der Waals surface area contributed by atoms with Gasteiger partial charge in [-0.25, -0.2) is 0 Å². The van der Waals surface area contributed by atoms with Gasteiger partial charge in [-0.2, -0.15) is 0 Å². The Hall–Kier alpha value is -3.26. The average Bonchev–Trinajstić information content (AvgIpc) is 2.71. The van der Waals surface area contributed by atoms with Gasteiger partial charge in [-0.05, 0) is 56.4 Å². The highest BCUT2D eigenvalue weighted by Crippen LogP contribution is 2.20. The molecule has 29 heavy (non-hydrogen) atoms. The molecular formula is C21H26N4O4. The predicted octanol–water partition coefficient (Wildman–Crippen LogP) is 3.23. The molecule has 0 aliphatic heterocycles. The standard InChI is InChI=1S/C21H26N4O4/c1-4-24(5-2)13-12-22-20(26)16-6-9-18(10-7-16)23-21(27)17-8-11-19(25(28)29)15(3)14-17/h6-11,14H,4-5,12-13H2,1-3H3,(H,22,26)(H,23,27). The monoisotopic (exact) mass is 398 g/mol. The molecule has 2 aromatic rings. The molecule has 8 heteroatoms. The van der Waals surface area contributed by atoms with Gasteiger partial charge in [0.1, 0.15) is 0 Å². The number of benzene rings is 2. The van der Waals surface area contributed by atoms with Crippen LogP contribution in [0.2, 0.25) is 0 Å². The van der Waals surface area contributed by atoms with E-state index in [1.807, 2.05) is 0 Å². The maximum Gasteiger partial charge on any atom is 0.272 e. The van der Waals surface area contributed by atoms with Crippen molar-refractivity contribution in [2.45, 2.75) is 20.8 Å². The summed E-state index contributed by atoms with van der Waals surface area (Å²) in [6.45, 7) is 8.99. The van der Waals surface area contributed by atoms with Gasteiger partial charge in [0.15, 0.2) is 0 Å². The lowest BCUT2D eigenvalue weighted by Gasteiger charge is -2.18. The molecule has 0 aliphatic carbocycles. The Morgan fingerprint density at radius 1 is 1.00 bits per heavy atom. The van der Waals surface area contributed by atoms with Crippen molar-refractivity contribution in [1.29, 1.82) is 0 Å². The number of likely N-dealkylation sites (N-methyl/N-ethyl adjacent to an activating group) is 1. The molecule has 0 spiro atoms. The number of amides is 2. The van der Waals surface area contributed by atoms with Crippen LogP contribution in [0.4, 0.5) is 11.4 Å². The molecule has 2 amide bonds. The van der Waals surface area contributed by atoms with Gasteiger partial charge in [0.25, 0.3) is 17.5 Å². The van der Waals surface area contributed by atoms with Gasteiger partial charge in [0.05, 0.1) is 4.92 Å². The van der Waals surface area contributed by atoms with Gasteiger partial charge in [-0.1, -0.05) is 13.8 Å². The van der Waals surface area contributed by atoms with E-state index in [1.165, 1.54) is 18.2 Å². The molecule has 0 saturated heterocycles. The minimum atomic E-state index is -0.483. The molecule has 2 N–H and O–H groups in total. The van der Waals surface area contributed by atoms with E-state index in [4.69, 9.17) is 0 Å². The van der Waals surface area contributed by atoms with Crippen molar-refractivity contribution in [2.24, 2.45) is 0 Å². The fraction of sp³-hybridized carbons (Fsp3) is 0.333. The summed E-state index contributed by atoms with van der Waals surface area (Å²) < 4.78 is 0. The molecule has 8 nitrogen and oxygen atoms in total. The van der Waals surface area contributed by atoms with Gasteiger partial charge >= 0.3 is 0 Å². The summed E-state index contributed by atoms with van der Waals surface area (Å²) in [5.41, 5.74) is 1.75. The molecular weight excluding hydrogens is 372 g/mol. The molecule has 0 fully saturated rings. The number of hydrogen-bond acceptors (Lipinski definition) is 5. The normalized spacial score (nSPS) is 10.6. The summed E-state index contributed by atoms with van der Waals surface area (Å²) in [7, 11) is 0. The summed E-state index contributed by atoms with van der Waals surface area (Å²) in [6.07, 6.45) is 0. The largest absolute Gasteiger partial charge is 0.351 e. The second-order valence-corrected chi connectivity index (χ2v) is 6.57. The topological polar surface area (TPSA) is 105 Å². The van der Waals surface area contributed by atoms with Crippen LogP contribution in [0.3, 0.4) is 0 Å². The first-order valence-electron chi connectivity index (χ1n) is 9.52. The Morgan fingerprint density at radius 3 is 2.17 bits per heavy atom. The maximum atomic E-state index is 12.4. The molecule has 0 bridgehead atoms. The highest BCUT2D eigenvalue weighted by molar-refractivity contribution is 6.04. The predicted molar refractivity (Wildman–Crippen MR) is 112 cm³/mol. The van der Waals surface area contributed by atoms with Crippen LogP contribution in [0.5, 0.6) is 0 Å². The molecule has 0 unspecified atom stereocenters. The maximum absolute atomic E-state index is 12.4. The summed E-state index contributed by atoms with van der Waals surface area (Å²) >= 11 is 0.